The van der Waals surface area contributed by atoms with Crippen molar-refractivity contribution in [1.82, 2.24) is 15.6 Å². The Labute approximate surface area is 172 Å². The minimum Gasteiger partial charge on any atom is -0.361 e. The summed E-state index contributed by atoms with van der Waals surface area (Å²) in [6, 6.07) is 14.9. The van der Waals surface area contributed by atoms with Crippen molar-refractivity contribution in [3.8, 4) is 0 Å². The Morgan fingerprint density at radius 1 is 1.10 bits per heavy atom. The van der Waals surface area contributed by atoms with Gasteiger partial charge < -0.3 is 15.6 Å². The molecule has 154 valence electrons. The fourth-order valence-electron chi connectivity index (χ4n) is 3.19. The molecule has 0 aliphatic carbocycles. The van der Waals surface area contributed by atoms with Gasteiger partial charge in [-0.25, -0.2) is 8.42 Å². The summed E-state index contributed by atoms with van der Waals surface area (Å²) in [5, 5.41) is 7.69. The summed E-state index contributed by atoms with van der Waals surface area (Å²) in [5.74, 6) is 0.613. The molecule has 0 bridgehead atoms. The van der Waals surface area contributed by atoms with Gasteiger partial charge in [-0.15, -0.1) is 0 Å². The van der Waals surface area contributed by atoms with Gasteiger partial charge in [-0.05, 0) is 49.6 Å². The van der Waals surface area contributed by atoms with Crippen LogP contribution in [-0.2, 0) is 16.3 Å². The highest BCUT2D eigenvalue weighted by Gasteiger charge is 2.13. The van der Waals surface area contributed by atoms with Gasteiger partial charge in [-0.1, -0.05) is 30.3 Å². The molecule has 0 saturated carbocycles. The van der Waals surface area contributed by atoms with Crippen LogP contribution in [0.5, 0.6) is 0 Å². The van der Waals surface area contributed by atoms with Crippen molar-refractivity contribution in [2.24, 2.45) is 4.99 Å². The van der Waals surface area contributed by atoms with Crippen LogP contribution in [0, 0.1) is 6.92 Å². The average molecular weight is 413 g/mol. The number of nitrogens with zero attached hydrogens (tertiary/aromatic N) is 1. The molecule has 0 amide bonds. The lowest BCUT2D eigenvalue weighted by atomic mass is 10.1. The molecule has 0 aliphatic rings. The molecule has 1 heterocycles. The molecular weight excluding hydrogens is 384 g/mol. The largest absolute Gasteiger partial charge is 0.361 e. The predicted octanol–water partition coefficient (Wildman–Crippen LogP) is 3.05. The van der Waals surface area contributed by atoms with E-state index in [4.69, 9.17) is 0 Å². The van der Waals surface area contributed by atoms with Gasteiger partial charge in [0.15, 0.2) is 15.8 Å². The average Bonchev–Trinajstić information content (AvgIpc) is 3.10. The number of guanidine groups is 1. The Bertz CT molecular complexity index is 1070. The SMILES string of the molecule is CCNC(=NCCS(=O)(=O)c1ccccc1)NCCc1c[nH]c2cc(C)ccc12. The maximum absolute atomic E-state index is 12.4. The molecule has 7 heteroatoms. The highest BCUT2D eigenvalue weighted by atomic mass is 32.2. The maximum atomic E-state index is 12.4. The number of rotatable bonds is 8. The normalized spacial score (nSPS) is 12.3. The van der Waals surface area contributed by atoms with Crippen molar-refractivity contribution < 1.29 is 8.42 Å². The van der Waals surface area contributed by atoms with Crippen molar-refractivity contribution in [3.63, 3.8) is 0 Å². The summed E-state index contributed by atoms with van der Waals surface area (Å²) in [4.78, 5) is 8.08. The summed E-state index contributed by atoms with van der Waals surface area (Å²) in [6.07, 6.45) is 2.89. The second kappa shape index (κ2) is 9.60. The van der Waals surface area contributed by atoms with Gasteiger partial charge in [0.25, 0.3) is 0 Å². The standard InChI is InChI=1S/C22H28N4O2S/c1-3-23-22(25-13-14-29(27,28)19-7-5-4-6-8-19)24-12-11-18-16-26-21-15-17(2)9-10-20(18)21/h4-10,15-16,26H,3,11-14H2,1-2H3,(H2,23,24,25). The van der Waals surface area contributed by atoms with Crippen LogP contribution in [0.25, 0.3) is 10.9 Å². The first-order valence-corrected chi connectivity index (χ1v) is 11.5. The molecule has 0 unspecified atom stereocenters. The number of fused-ring (bicyclic) bond motifs is 1. The first-order chi connectivity index (χ1) is 14.0. The number of hydrogen-bond acceptors (Lipinski definition) is 3. The van der Waals surface area contributed by atoms with E-state index in [2.05, 4.69) is 45.7 Å². The highest BCUT2D eigenvalue weighted by molar-refractivity contribution is 7.91. The van der Waals surface area contributed by atoms with E-state index in [0.29, 0.717) is 23.9 Å². The first kappa shape index (κ1) is 20.9. The van der Waals surface area contributed by atoms with Crippen LogP contribution in [0.3, 0.4) is 0 Å². The van der Waals surface area contributed by atoms with Gasteiger partial charge in [0.05, 0.1) is 17.2 Å². The Hall–Kier alpha value is -2.80. The van der Waals surface area contributed by atoms with E-state index in [9.17, 15) is 8.42 Å². The molecule has 0 aliphatic heterocycles. The van der Waals surface area contributed by atoms with Gasteiger partial charge in [0, 0.05) is 30.2 Å². The van der Waals surface area contributed by atoms with Crippen molar-refractivity contribution in [3.05, 3.63) is 65.9 Å². The molecular formula is C22H28N4O2S. The molecule has 3 rings (SSSR count). The molecule has 3 aromatic rings. The smallest absolute Gasteiger partial charge is 0.191 e. The lowest BCUT2D eigenvalue weighted by Gasteiger charge is -2.11. The van der Waals surface area contributed by atoms with Gasteiger partial charge in [0.1, 0.15) is 0 Å². The monoisotopic (exact) mass is 412 g/mol. The van der Waals surface area contributed by atoms with E-state index >= 15 is 0 Å². The zero-order chi connectivity index (χ0) is 20.7. The molecule has 0 spiro atoms. The van der Waals surface area contributed by atoms with Gasteiger partial charge >= 0.3 is 0 Å². The molecule has 0 saturated heterocycles. The predicted molar refractivity (Wildman–Crippen MR) is 119 cm³/mol. The van der Waals surface area contributed by atoms with Crippen LogP contribution >= 0.6 is 0 Å². The Morgan fingerprint density at radius 3 is 2.66 bits per heavy atom. The van der Waals surface area contributed by atoms with E-state index in [-0.39, 0.29) is 12.3 Å². The molecule has 0 fully saturated rings. The number of benzene rings is 2. The van der Waals surface area contributed by atoms with Crippen LogP contribution in [0.15, 0.2) is 64.6 Å². The topological polar surface area (TPSA) is 86.3 Å². The molecule has 29 heavy (non-hydrogen) atoms. The number of hydrogen-bond donors (Lipinski definition) is 3. The number of nitrogens with one attached hydrogen (secondary N) is 3. The Balaban J connectivity index is 1.56. The summed E-state index contributed by atoms with van der Waals surface area (Å²) >= 11 is 0. The summed E-state index contributed by atoms with van der Waals surface area (Å²) in [6.45, 7) is 5.69. The maximum Gasteiger partial charge on any atom is 0.191 e. The van der Waals surface area contributed by atoms with E-state index in [1.54, 1.807) is 30.3 Å². The number of aromatic amines is 1. The van der Waals surface area contributed by atoms with Crippen molar-refractivity contribution >= 4 is 26.7 Å². The number of aryl methyl sites for hydroxylation is 1. The van der Waals surface area contributed by atoms with Crippen LogP contribution in [-0.4, -0.2) is 44.7 Å². The fraction of sp³-hybridized carbons (Fsp3) is 0.318. The highest BCUT2D eigenvalue weighted by Crippen LogP contribution is 2.19. The van der Waals surface area contributed by atoms with Crippen LogP contribution in [0.2, 0.25) is 0 Å². The Kier molecular flexibility index (Phi) is 6.93. The lowest BCUT2D eigenvalue weighted by molar-refractivity contribution is 0.596. The van der Waals surface area contributed by atoms with E-state index in [1.807, 2.05) is 13.1 Å². The van der Waals surface area contributed by atoms with Crippen molar-refractivity contribution in [2.45, 2.75) is 25.2 Å². The fourth-order valence-corrected chi connectivity index (χ4v) is 4.33. The minimum atomic E-state index is -3.32. The number of aliphatic imine (C=N–C) groups is 1. The Morgan fingerprint density at radius 2 is 1.90 bits per heavy atom. The van der Waals surface area contributed by atoms with Crippen LogP contribution < -0.4 is 10.6 Å². The molecule has 0 atom stereocenters. The van der Waals surface area contributed by atoms with E-state index < -0.39 is 9.84 Å². The quantitative estimate of drug-likeness (QED) is 0.392. The number of sulfone groups is 1. The van der Waals surface area contributed by atoms with Crippen LogP contribution in [0.4, 0.5) is 0 Å². The second-order valence-electron chi connectivity index (χ2n) is 6.93. The number of H-pyrrole nitrogens is 1. The third-order valence-corrected chi connectivity index (χ3v) is 6.40. The molecule has 2 aromatic carbocycles. The zero-order valence-electron chi connectivity index (χ0n) is 16.9. The zero-order valence-corrected chi connectivity index (χ0v) is 17.7. The summed E-state index contributed by atoms with van der Waals surface area (Å²) in [7, 11) is -3.32. The van der Waals surface area contributed by atoms with Crippen molar-refractivity contribution in [2.75, 3.05) is 25.4 Å². The number of aromatic nitrogens is 1. The minimum absolute atomic E-state index is 0.0185. The summed E-state index contributed by atoms with van der Waals surface area (Å²) < 4.78 is 24.8. The summed E-state index contributed by atoms with van der Waals surface area (Å²) in [5.41, 5.74) is 3.62. The molecule has 0 radical (unpaired) electrons. The lowest BCUT2D eigenvalue weighted by Crippen LogP contribution is -2.38. The van der Waals surface area contributed by atoms with Gasteiger partial charge in [0.2, 0.25) is 0 Å². The second-order valence-corrected chi connectivity index (χ2v) is 9.04. The third-order valence-electron chi connectivity index (χ3n) is 4.69. The van der Waals surface area contributed by atoms with Gasteiger partial charge in [-0.3, -0.25) is 4.99 Å². The molecule has 6 nitrogen and oxygen atoms in total. The first-order valence-electron chi connectivity index (χ1n) is 9.86. The van der Waals surface area contributed by atoms with Crippen LogP contribution in [0.1, 0.15) is 18.1 Å². The van der Waals surface area contributed by atoms with Gasteiger partial charge in [-0.2, -0.15) is 0 Å². The molecule has 1 aromatic heterocycles. The molecule has 3 N–H and O–H groups in total. The third kappa shape index (κ3) is 5.60. The van der Waals surface area contributed by atoms with Crippen molar-refractivity contribution in [1.29, 1.82) is 0 Å². The van der Waals surface area contributed by atoms with E-state index in [1.165, 1.54) is 16.5 Å². The van der Waals surface area contributed by atoms with E-state index in [0.717, 1.165) is 11.9 Å².